The van der Waals surface area contributed by atoms with E-state index in [1.165, 1.54) is 0 Å². The molecule has 0 aliphatic rings. The van der Waals surface area contributed by atoms with Crippen molar-refractivity contribution in [2.75, 3.05) is 0 Å². The lowest BCUT2D eigenvalue weighted by molar-refractivity contribution is 0.0935. The standard InChI is InChI=1S/C15H12ClF2NO/c1-9(10-3-2-4-11(16)7-10)19-15(20)13-8-12(17)5-6-14(13)18/h2-9H,1H3,(H,19,20). The van der Waals surface area contributed by atoms with Crippen molar-refractivity contribution in [1.82, 2.24) is 5.32 Å². The van der Waals surface area contributed by atoms with Gasteiger partial charge in [-0.1, -0.05) is 23.7 Å². The van der Waals surface area contributed by atoms with Gasteiger partial charge in [-0.15, -0.1) is 0 Å². The summed E-state index contributed by atoms with van der Waals surface area (Å²) in [4.78, 5) is 11.9. The van der Waals surface area contributed by atoms with Crippen LogP contribution in [0.5, 0.6) is 0 Å². The zero-order chi connectivity index (χ0) is 14.7. The van der Waals surface area contributed by atoms with Gasteiger partial charge in [0.25, 0.3) is 5.91 Å². The molecule has 0 radical (unpaired) electrons. The fourth-order valence-corrected chi connectivity index (χ4v) is 2.00. The molecule has 5 heteroatoms. The van der Waals surface area contributed by atoms with Crippen molar-refractivity contribution in [3.05, 3.63) is 70.2 Å². The van der Waals surface area contributed by atoms with Gasteiger partial charge in [0.1, 0.15) is 11.6 Å². The van der Waals surface area contributed by atoms with E-state index in [4.69, 9.17) is 11.6 Å². The Morgan fingerprint density at radius 3 is 2.65 bits per heavy atom. The third-order valence-corrected chi connectivity index (χ3v) is 3.10. The van der Waals surface area contributed by atoms with Crippen LogP contribution in [0.25, 0.3) is 0 Å². The Morgan fingerprint density at radius 1 is 1.20 bits per heavy atom. The SMILES string of the molecule is CC(NC(=O)c1cc(F)ccc1F)c1cccc(Cl)c1. The average Bonchev–Trinajstić information content (AvgIpc) is 2.41. The lowest BCUT2D eigenvalue weighted by Gasteiger charge is -2.15. The molecule has 0 aromatic heterocycles. The van der Waals surface area contributed by atoms with Gasteiger partial charge >= 0.3 is 0 Å². The highest BCUT2D eigenvalue weighted by atomic mass is 35.5. The zero-order valence-corrected chi connectivity index (χ0v) is 11.4. The summed E-state index contributed by atoms with van der Waals surface area (Å²) < 4.78 is 26.5. The van der Waals surface area contributed by atoms with Crippen LogP contribution in [-0.4, -0.2) is 5.91 Å². The molecule has 0 aliphatic heterocycles. The molecule has 104 valence electrons. The molecular formula is C15H12ClF2NO. The molecular weight excluding hydrogens is 284 g/mol. The lowest BCUT2D eigenvalue weighted by atomic mass is 10.1. The first-order valence-electron chi connectivity index (χ1n) is 5.99. The predicted molar refractivity (Wildman–Crippen MR) is 73.7 cm³/mol. The number of halogens is 3. The summed E-state index contributed by atoms with van der Waals surface area (Å²) in [5.41, 5.74) is 0.460. The summed E-state index contributed by atoms with van der Waals surface area (Å²) in [5, 5.41) is 3.15. The quantitative estimate of drug-likeness (QED) is 0.907. The first-order valence-corrected chi connectivity index (χ1v) is 6.36. The van der Waals surface area contributed by atoms with Crippen LogP contribution in [0.4, 0.5) is 8.78 Å². The molecule has 0 fully saturated rings. The first-order chi connectivity index (χ1) is 9.47. The molecule has 20 heavy (non-hydrogen) atoms. The highest BCUT2D eigenvalue weighted by molar-refractivity contribution is 6.30. The van der Waals surface area contributed by atoms with E-state index < -0.39 is 17.5 Å². The van der Waals surface area contributed by atoms with Crippen LogP contribution in [0, 0.1) is 11.6 Å². The number of carbonyl (C=O) groups excluding carboxylic acids is 1. The number of benzene rings is 2. The number of carbonyl (C=O) groups is 1. The molecule has 1 N–H and O–H groups in total. The predicted octanol–water partition coefficient (Wildman–Crippen LogP) is 4.11. The second-order valence-corrected chi connectivity index (χ2v) is 4.81. The molecule has 0 bridgehead atoms. The van der Waals surface area contributed by atoms with Crippen LogP contribution in [0.15, 0.2) is 42.5 Å². The highest BCUT2D eigenvalue weighted by Crippen LogP contribution is 2.18. The van der Waals surface area contributed by atoms with Crippen LogP contribution in [0.2, 0.25) is 5.02 Å². The summed E-state index contributed by atoms with van der Waals surface area (Å²) in [7, 11) is 0. The van der Waals surface area contributed by atoms with E-state index >= 15 is 0 Å². The minimum atomic E-state index is -0.762. The molecule has 0 spiro atoms. The average molecular weight is 296 g/mol. The zero-order valence-electron chi connectivity index (χ0n) is 10.7. The van der Waals surface area contributed by atoms with Crippen LogP contribution < -0.4 is 5.32 Å². The maximum absolute atomic E-state index is 13.5. The van der Waals surface area contributed by atoms with Gasteiger partial charge in [0.2, 0.25) is 0 Å². The summed E-state index contributed by atoms with van der Waals surface area (Å²) in [6.07, 6.45) is 0. The Hall–Kier alpha value is -1.94. The second kappa shape index (κ2) is 6.01. The monoisotopic (exact) mass is 295 g/mol. The normalized spacial score (nSPS) is 12.0. The molecule has 0 saturated heterocycles. The van der Waals surface area contributed by atoms with E-state index in [1.807, 2.05) is 0 Å². The van der Waals surface area contributed by atoms with E-state index in [9.17, 15) is 13.6 Å². The van der Waals surface area contributed by atoms with E-state index in [1.54, 1.807) is 31.2 Å². The van der Waals surface area contributed by atoms with Gasteiger partial charge in [-0.05, 0) is 42.8 Å². The second-order valence-electron chi connectivity index (χ2n) is 4.37. The molecule has 2 aromatic rings. The Labute approximate surface area is 120 Å². The van der Waals surface area contributed by atoms with Crippen molar-refractivity contribution in [3.8, 4) is 0 Å². The van der Waals surface area contributed by atoms with Crippen molar-refractivity contribution in [2.24, 2.45) is 0 Å². The molecule has 1 unspecified atom stereocenters. The minimum absolute atomic E-state index is 0.320. The molecule has 2 nitrogen and oxygen atoms in total. The van der Waals surface area contributed by atoms with Gasteiger partial charge in [0.15, 0.2) is 0 Å². The number of hydrogen-bond donors (Lipinski definition) is 1. The van der Waals surface area contributed by atoms with E-state index in [2.05, 4.69) is 5.32 Å². The molecule has 2 aromatic carbocycles. The fraction of sp³-hybridized carbons (Fsp3) is 0.133. The number of amides is 1. The maximum atomic E-state index is 13.5. The fourth-order valence-electron chi connectivity index (χ4n) is 1.81. The number of nitrogens with one attached hydrogen (secondary N) is 1. The van der Waals surface area contributed by atoms with Gasteiger partial charge < -0.3 is 5.32 Å². The van der Waals surface area contributed by atoms with Crippen molar-refractivity contribution < 1.29 is 13.6 Å². The Balaban J connectivity index is 2.17. The van der Waals surface area contributed by atoms with E-state index in [0.717, 1.165) is 23.8 Å². The third-order valence-electron chi connectivity index (χ3n) is 2.87. The lowest BCUT2D eigenvalue weighted by Crippen LogP contribution is -2.27. The minimum Gasteiger partial charge on any atom is -0.345 e. The molecule has 1 amide bonds. The van der Waals surface area contributed by atoms with Crippen molar-refractivity contribution in [2.45, 2.75) is 13.0 Å². The molecule has 2 rings (SSSR count). The largest absolute Gasteiger partial charge is 0.345 e. The van der Waals surface area contributed by atoms with Crippen LogP contribution in [-0.2, 0) is 0 Å². The van der Waals surface area contributed by atoms with Gasteiger partial charge in [-0.2, -0.15) is 0 Å². The Bertz CT molecular complexity index is 646. The van der Waals surface area contributed by atoms with Crippen LogP contribution in [0.3, 0.4) is 0 Å². The van der Waals surface area contributed by atoms with Gasteiger partial charge in [0.05, 0.1) is 11.6 Å². The summed E-state index contributed by atoms with van der Waals surface area (Å²) in [6, 6.07) is 9.35. The van der Waals surface area contributed by atoms with E-state index in [-0.39, 0.29) is 11.6 Å². The number of rotatable bonds is 3. The van der Waals surface area contributed by atoms with Gasteiger partial charge in [0, 0.05) is 5.02 Å². The third kappa shape index (κ3) is 3.33. The van der Waals surface area contributed by atoms with Gasteiger partial charge in [-0.25, -0.2) is 8.78 Å². The van der Waals surface area contributed by atoms with Crippen LogP contribution in [0.1, 0.15) is 28.9 Å². The molecule has 0 heterocycles. The van der Waals surface area contributed by atoms with Gasteiger partial charge in [-0.3, -0.25) is 4.79 Å². The Morgan fingerprint density at radius 2 is 1.95 bits per heavy atom. The Kier molecular flexibility index (Phi) is 4.35. The van der Waals surface area contributed by atoms with E-state index in [0.29, 0.717) is 5.02 Å². The first kappa shape index (κ1) is 14.5. The smallest absolute Gasteiger partial charge is 0.254 e. The van der Waals surface area contributed by atoms with Crippen molar-refractivity contribution in [1.29, 1.82) is 0 Å². The molecule has 0 saturated carbocycles. The number of hydrogen-bond acceptors (Lipinski definition) is 1. The summed E-state index contributed by atoms with van der Waals surface area (Å²) in [5.74, 6) is -2.09. The van der Waals surface area contributed by atoms with Crippen LogP contribution >= 0.6 is 11.6 Å². The summed E-state index contributed by atoms with van der Waals surface area (Å²) in [6.45, 7) is 1.74. The highest BCUT2D eigenvalue weighted by Gasteiger charge is 2.16. The maximum Gasteiger partial charge on any atom is 0.254 e. The van der Waals surface area contributed by atoms with Crippen molar-refractivity contribution >= 4 is 17.5 Å². The molecule has 1 atom stereocenters. The van der Waals surface area contributed by atoms with Crippen molar-refractivity contribution in [3.63, 3.8) is 0 Å². The topological polar surface area (TPSA) is 29.1 Å². The summed E-state index contributed by atoms with van der Waals surface area (Å²) >= 11 is 5.87. The molecule has 0 aliphatic carbocycles.